The number of phenols is 1. The van der Waals surface area contributed by atoms with Crippen molar-refractivity contribution in [2.45, 2.75) is 6.18 Å². The highest BCUT2D eigenvalue weighted by atomic mass is 19.4. The molecule has 5 heteroatoms. The van der Waals surface area contributed by atoms with Gasteiger partial charge in [0, 0.05) is 5.39 Å². The first kappa shape index (κ1) is 11.6. The Labute approximate surface area is 95.2 Å². The summed E-state index contributed by atoms with van der Waals surface area (Å²) in [5, 5.41) is 11.0. The van der Waals surface area contributed by atoms with Gasteiger partial charge in [-0.1, -0.05) is 30.3 Å². The summed E-state index contributed by atoms with van der Waals surface area (Å²) in [5.41, 5.74) is 0. The molecule has 0 atom stereocenters. The van der Waals surface area contributed by atoms with Gasteiger partial charge in [0.15, 0.2) is 18.1 Å². The van der Waals surface area contributed by atoms with Gasteiger partial charge in [-0.25, -0.2) is 0 Å². The van der Waals surface area contributed by atoms with Crippen LogP contribution in [0.25, 0.3) is 10.8 Å². The topological polar surface area (TPSA) is 29.5 Å². The van der Waals surface area contributed by atoms with Crippen molar-refractivity contribution >= 4 is 10.8 Å². The zero-order valence-corrected chi connectivity index (χ0v) is 8.66. The third-order valence-electron chi connectivity index (χ3n) is 2.25. The molecule has 0 saturated heterocycles. The molecule has 17 heavy (non-hydrogen) atoms. The number of phenolic OH excluding ortho intramolecular Hbond substituents is 1. The minimum atomic E-state index is -4.42. The summed E-state index contributed by atoms with van der Waals surface area (Å²) >= 11 is 0. The number of ether oxygens (including phenoxy) is 1. The van der Waals surface area contributed by atoms with Crippen LogP contribution in [-0.4, -0.2) is 17.9 Å². The first-order valence-corrected chi connectivity index (χ1v) is 4.87. The van der Waals surface area contributed by atoms with Crippen molar-refractivity contribution in [3.8, 4) is 11.5 Å². The Kier molecular flexibility index (Phi) is 2.83. The van der Waals surface area contributed by atoms with E-state index in [9.17, 15) is 18.3 Å². The van der Waals surface area contributed by atoms with E-state index in [2.05, 4.69) is 4.74 Å². The van der Waals surface area contributed by atoms with Crippen molar-refractivity contribution in [2.24, 2.45) is 0 Å². The lowest BCUT2D eigenvalue weighted by molar-refractivity contribution is -0.153. The molecule has 2 aromatic carbocycles. The van der Waals surface area contributed by atoms with Gasteiger partial charge in [0.2, 0.25) is 0 Å². The van der Waals surface area contributed by atoms with Crippen LogP contribution < -0.4 is 4.74 Å². The molecule has 0 aliphatic rings. The van der Waals surface area contributed by atoms with Gasteiger partial charge in [0.25, 0.3) is 0 Å². The number of alkyl halides is 3. The first-order valence-electron chi connectivity index (χ1n) is 4.87. The van der Waals surface area contributed by atoms with E-state index in [1.54, 1.807) is 30.3 Å². The minimum Gasteiger partial charge on any atom is -0.504 e. The number of aromatic hydroxyl groups is 1. The SMILES string of the molecule is Oc1c(OCC(F)(F)F)ccc2ccccc12. The summed E-state index contributed by atoms with van der Waals surface area (Å²) in [6.45, 7) is -1.42. The average molecular weight is 242 g/mol. The Morgan fingerprint density at radius 3 is 2.47 bits per heavy atom. The zero-order chi connectivity index (χ0) is 12.5. The number of hydrogen-bond acceptors (Lipinski definition) is 2. The predicted octanol–water partition coefficient (Wildman–Crippen LogP) is 3.49. The fraction of sp³-hybridized carbons (Fsp3) is 0.167. The first-order chi connectivity index (χ1) is 7.97. The second-order valence-electron chi connectivity index (χ2n) is 3.54. The molecule has 0 fully saturated rings. The van der Waals surface area contributed by atoms with E-state index in [4.69, 9.17) is 0 Å². The summed E-state index contributed by atoms with van der Waals surface area (Å²) in [7, 11) is 0. The van der Waals surface area contributed by atoms with Crippen molar-refractivity contribution in [1.29, 1.82) is 0 Å². The molecule has 0 aromatic heterocycles. The van der Waals surface area contributed by atoms with E-state index in [-0.39, 0.29) is 11.5 Å². The third kappa shape index (κ3) is 2.61. The minimum absolute atomic E-state index is 0.166. The summed E-state index contributed by atoms with van der Waals surface area (Å²) in [4.78, 5) is 0. The number of halogens is 3. The largest absolute Gasteiger partial charge is 0.504 e. The van der Waals surface area contributed by atoms with E-state index in [0.29, 0.717) is 5.39 Å². The molecule has 0 bridgehead atoms. The van der Waals surface area contributed by atoms with Gasteiger partial charge in [-0.2, -0.15) is 13.2 Å². The van der Waals surface area contributed by atoms with Crippen LogP contribution >= 0.6 is 0 Å². The molecule has 0 spiro atoms. The lowest BCUT2D eigenvalue weighted by atomic mass is 10.1. The highest BCUT2D eigenvalue weighted by molar-refractivity contribution is 5.90. The maximum absolute atomic E-state index is 12.0. The Morgan fingerprint density at radius 1 is 1.06 bits per heavy atom. The molecule has 90 valence electrons. The van der Waals surface area contributed by atoms with Gasteiger partial charge in [-0.3, -0.25) is 0 Å². The lowest BCUT2D eigenvalue weighted by Crippen LogP contribution is -2.19. The summed E-state index contributed by atoms with van der Waals surface area (Å²) in [6, 6.07) is 9.76. The summed E-state index contributed by atoms with van der Waals surface area (Å²) < 4.78 is 40.5. The molecule has 0 heterocycles. The smallest absolute Gasteiger partial charge is 0.422 e. The molecule has 1 N–H and O–H groups in total. The molecule has 0 aliphatic carbocycles. The Hall–Kier alpha value is -1.91. The highest BCUT2D eigenvalue weighted by Crippen LogP contribution is 2.34. The maximum Gasteiger partial charge on any atom is 0.422 e. The molecule has 0 aliphatic heterocycles. The normalized spacial score (nSPS) is 11.7. The van der Waals surface area contributed by atoms with Gasteiger partial charge in [0.05, 0.1) is 0 Å². The van der Waals surface area contributed by atoms with Crippen LogP contribution in [0.2, 0.25) is 0 Å². The van der Waals surface area contributed by atoms with Crippen LogP contribution in [0.15, 0.2) is 36.4 Å². The molecule has 2 aromatic rings. The Balaban J connectivity index is 2.33. The van der Waals surface area contributed by atoms with Crippen molar-refractivity contribution in [1.82, 2.24) is 0 Å². The maximum atomic E-state index is 12.0. The molecular weight excluding hydrogens is 233 g/mol. The second kappa shape index (κ2) is 4.16. The zero-order valence-electron chi connectivity index (χ0n) is 8.66. The van der Waals surface area contributed by atoms with Crippen LogP contribution in [0.1, 0.15) is 0 Å². The van der Waals surface area contributed by atoms with E-state index in [1.165, 1.54) is 6.07 Å². The van der Waals surface area contributed by atoms with Crippen molar-refractivity contribution in [3.63, 3.8) is 0 Å². The van der Waals surface area contributed by atoms with Gasteiger partial charge in [0.1, 0.15) is 0 Å². The van der Waals surface area contributed by atoms with Crippen molar-refractivity contribution < 1.29 is 23.0 Å². The van der Waals surface area contributed by atoms with Crippen molar-refractivity contribution in [3.05, 3.63) is 36.4 Å². The fourth-order valence-electron chi connectivity index (χ4n) is 1.51. The number of rotatable bonds is 2. The van der Waals surface area contributed by atoms with Gasteiger partial charge in [-0.05, 0) is 11.5 Å². The van der Waals surface area contributed by atoms with Gasteiger partial charge < -0.3 is 9.84 Å². The van der Waals surface area contributed by atoms with Gasteiger partial charge >= 0.3 is 6.18 Å². The van der Waals surface area contributed by atoms with Crippen LogP contribution in [0.3, 0.4) is 0 Å². The predicted molar refractivity (Wildman–Crippen MR) is 57.2 cm³/mol. The lowest BCUT2D eigenvalue weighted by Gasteiger charge is -2.11. The van der Waals surface area contributed by atoms with E-state index in [0.717, 1.165) is 5.39 Å². The van der Waals surface area contributed by atoms with Crippen LogP contribution in [0.5, 0.6) is 11.5 Å². The monoisotopic (exact) mass is 242 g/mol. The summed E-state index contributed by atoms with van der Waals surface area (Å²) in [5.74, 6) is -0.437. The molecular formula is C12H9F3O2. The Bertz CT molecular complexity index is 535. The number of hydrogen-bond donors (Lipinski definition) is 1. The van der Waals surface area contributed by atoms with Crippen LogP contribution in [0, 0.1) is 0 Å². The second-order valence-corrected chi connectivity index (χ2v) is 3.54. The molecule has 0 amide bonds. The molecule has 0 saturated carbocycles. The van der Waals surface area contributed by atoms with Crippen LogP contribution in [-0.2, 0) is 0 Å². The quantitative estimate of drug-likeness (QED) is 0.873. The third-order valence-corrected chi connectivity index (χ3v) is 2.25. The highest BCUT2D eigenvalue weighted by Gasteiger charge is 2.29. The van der Waals surface area contributed by atoms with Crippen LogP contribution in [0.4, 0.5) is 13.2 Å². The number of fused-ring (bicyclic) bond motifs is 1. The van der Waals surface area contributed by atoms with Gasteiger partial charge in [-0.15, -0.1) is 0 Å². The fourth-order valence-corrected chi connectivity index (χ4v) is 1.51. The molecule has 0 unspecified atom stereocenters. The van der Waals surface area contributed by atoms with Crippen molar-refractivity contribution in [2.75, 3.05) is 6.61 Å². The molecule has 2 rings (SSSR count). The van der Waals surface area contributed by atoms with E-state index < -0.39 is 12.8 Å². The standard InChI is InChI=1S/C12H9F3O2/c13-12(14,15)7-17-10-6-5-8-3-1-2-4-9(8)11(10)16/h1-6,16H,7H2. The summed E-state index contributed by atoms with van der Waals surface area (Å²) in [6.07, 6.45) is -4.42. The Morgan fingerprint density at radius 2 is 1.76 bits per heavy atom. The average Bonchev–Trinajstić information content (AvgIpc) is 2.27. The number of benzene rings is 2. The van der Waals surface area contributed by atoms with E-state index >= 15 is 0 Å². The molecule has 2 nitrogen and oxygen atoms in total. The molecule has 0 radical (unpaired) electrons. The van der Waals surface area contributed by atoms with E-state index in [1.807, 2.05) is 0 Å².